The molecule has 1 saturated carbocycles. The van der Waals surface area contributed by atoms with Crippen molar-refractivity contribution in [3.8, 4) is 5.88 Å². The minimum atomic E-state index is -0.708. The topological polar surface area (TPSA) is 106 Å². The minimum absolute atomic E-state index is 0.0591. The number of rotatable bonds is 7. The highest BCUT2D eigenvalue weighted by Crippen LogP contribution is 2.23. The predicted octanol–water partition coefficient (Wildman–Crippen LogP) is 1.71. The Morgan fingerprint density at radius 1 is 1.38 bits per heavy atom. The van der Waals surface area contributed by atoms with Crippen LogP contribution in [-0.4, -0.2) is 29.1 Å². The molecule has 1 heterocycles. The number of nitrogens with one attached hydrogen (secondary N) is 2. The molecule has 0 spiro atoms. The van der Waals surface area contributed by atoms with Crippen LogP contribution in [0.3, 0.4) is 0 Å². The number of aromatic nitrogens is 1. The van der Waals surface area contributed by atoms with Gasteiger partial charge in [0.15, 0.2) is 0 Å². The normalized spacial score (nSPS) is 16.0. The molecule has 4 N–H and O–H groups in total. The van der Waals surface area contributed by atoms with Crippen LogP contribution in [0, 0.1) is 5.92 Å². The minimum Gasteiger partial charge on any atom is -0.474 e. The maximum atomic E-state index is 12.2. The summed E-state index contributed by atoms with van der Waals surface area (Å²) in [6, 6.07) is 2.30. The number of pyridine rings is 1. The maximum absolute atomic E-state index is 12.2. The average molecular weight is 334 g/mol. The highest BCUT2D eigenvalue weighted by Gasteiger charge is 2.23. The van der Waals surface area contributed by atoms with Crippen LogP contribution in [0.25, 0.3) is 0 Å². The van der Waals surface area contributed by atoms with Gasteiger partial charge in [0.2, 0.25) is 11.8 Å². The third kappa shape index (κ3) is 5.40. The molecule has 2 rings (SSSR count). The van der Waals surface area contributed by atoms with E-state index in [0.717, 1.165) is 18.4 Å². The molecule has 0 bridgehead atoms. The molecule has 1 aromatic heterocycles. The van der Waals surface area contributed by atoms with Crippen LogP contribution in [0.2, 0.25) is 0 Å². The van der Waals surface area contributed by atoms with Crippen molar-refractivity contribution < 1.29 is 14.3 Å². The van der Waals surface area contributed by atoms with Crippen molar-refractivity contribution in [1.29, 1.82) is 0 Å². The second-order valence-corrected chi connectivity index (χ2v) is 6.47. The molecule has 0 aliphatic heterocycles. The second-order valence-electron chi connectivity index (χ2n) is 6.47. The molecular formula is C17H26N4O3. The molecule has 1 aliphatic rings. The smallest absolute Gasteiger partial charge is 0.312 e. The van der Waals surface area contributed by atoms with Gasteiger partial charge < -0.3 is 21.1 Å². The number of urea groups is 1. The average Bonchev–Trinajstić information content (AvgIpc) is 3.03. The molecule has 0 saturated heterocycles. The Bertz CT molecular complexity index is 571. The van der Waals surface area contributed by atoms with Gasteiger partial charge in [0, 0.05) is 18.8 Å². The number of nitrogens with two attached hydrogens (primary N) is 1. The van der Waals surface area contributed by atoms with Crippen molar-refractivity contribution in [3.05, 3.63) is 23.9 Å². The van der Waals surface area contributed by atoms with Gasteiger partial charge in [0.1, 0.15) is 12.1 Å². The monoisotopic (exact) mass is 334 g/mol. The van der Waals surface area contributed by atoms with E-state index < -0.39 is 12.1 Å². The molecule has 1 fully saturated rings. The van der Waals surface area contributed by atoms with Crippen LogP contribution in [0.15, 0.2) is 18.3 Å². The Balaban J connectivity index is 1.90. The fourth-order valence-electron chi connectivity index (χ4n) is 2.79. The third-order valence-corrected chi connectivity index (χ3v) is 4.10. The number of carbonyl (C=O) groups excluding carboxylic acids is 2. The third-order valence-electron chi connectivity index (χ3n) is 4.10. The quantitative estimate of drug-likeness (QED) is 0.705. The number of carbonyl (C=O) groups is 2. The molecule has 24 heavy (non-hydrogen) atoms. The van der Waals surface area contributed by atoms with Crippen molar-refractivity contribution in [1.82, 2.24) is 15.6 Å². The molecule has 0 aromatic carbocycles. The molecule has 132 valence electrons. The highest BCUT2D eigenvalue weighted by atomic mass is 16.5. The number of nitrogens with zero attached hydrogens (tertiary/aromatic N) is 1. The summed E-state index contributed by atoms with van der Waals surface area (Å²) in [7, 11) is 0. The van der Waals surface area contributed by atoms with Crippen molar-refractivity contribution >= 4 is 11.9 Å². The van der Waals surface area contributed by atoms with Gasteiger partial charge in [-0.05, 0) is 43.2 Å². The lowest BCUT2D eigenvalue weighted by Crippen LogP contribution is -2.51. The predicted molar refractivity (Wildman–Crippen MR) is 90.3 cm³/mol. The molecule has 3 amide bonds. The first kappa shape index (κ1) is 18.0. The van der Waals surface area contributed by atoms with Crippen LogP contribution in [0.1, 0.15) is 45.1 Å². The second kappa shape index (κ2) is 8.52. The van der Waals surface area contributed by atoms with Gasteiger partial charge in [-0.15, -0.1) is 0 Å². The first-order valence-corrected chi connectivity index (χ1v) is 8.41. The zero-order chi connectivity index (χ0) is 17.5. The van der Waals surface area contributed by atoms with Crippen molar-refractivity contribution in [2.24, 2.45) is 11.7 Å². The van der Waals surface area contributed by atoms with Crippen molar-refractivity contribution in [3.63, 3.8) is 0 Å². The first-order valence-electron chi connectivity index (χ1n) is 8.41. The van der Waals surface area contributed by atoms with Gasteiger partial charge in [0.05, 0.1) is 0 Å². The summed E-state index contributed by atoms with van der Waals surface area (Å²) in [5, 5.41) is 5.28. The molecular weight excluding hydrogens is 308 g/mol. The summed E-state index contributed by atoms with van der Waals surface area (Å²) in [6.45, 7) is 4.03. The van der Waals surface area contributed by atoms with E-state index in [2.05, 4.69) is 15.6 Å². The molecule has 7 nitrogen and oxygen atoms in total. The Hall–Kier alpha value is -2.31. The van der Waals surface area contributed by atoms with Crippen LogP contribution in [-0.2, 0) is 11.3 Å². The van der Waals surface area contributed by atoms with Gasteiger partial charge in [-0.2, -0.15) is 0 Å². The van der Waals surface area contributed by atoms with Gasteiger partial charge in [-0.25, -0.2) is 9.78 Å². The van der Waals surface area contributed by atoms with Crippen molar-refractivity contribution in [2.75, 3.05) is 0 Å². The highest BCUT2D eigenvalue weighted by molar-refractivity contribution is 5.86. The lowest BCUT2D eigenvalue weighted by atomic mass is 10.0. The Morgan fingerprint density at radius 3 is 2.71 bits per heavy atom. The number of amides is 3. The van der Waals surface area contributed by atoms with Gasteiger partial charge in [-0.3, -0.25) is 4.79 Å². The van der Waals surface area contributed by atoms with E-state index in [1.165, 1.54) is 12.8 Å². The van der Waals surface area contributed by atoms with E-state index in [-0.39, 0.29) is 17.9 Å². The lowest BCUT2D eigenvalue weighted by molar-refractivity contribution is -0.124. The largest absolute Gasteiger partial charge is 0.474 e. The lowest BCUT2D eigenvalue weighted by Gasteiger charge is -2.20. The van der Waals surface area contributed by atoms with E-state index in [9.17, 15) is 9.59 Å². The Morgan fingerprint density at radius 2 is 2.08 bits per heavy atom. The van der Waals surface area contributed by atoms with E-state index in [4.69, 9.17) is 10.5 Å². The summed E-state index contributed by atoms with van der Waals surface area (Å²) < 4.78 is 5.86. The zero-order valence-electron chi connectivity index (χ0n) is 14.2. The summed E-state index contributed by atoms with van der Waals surface area (Å²) in [5.41, 5.74) is 6.02. The first-order chi connectivity index (χ1) is 11.5. The van der Waals surface area contributed by atoms with E-state index in [0.29, 0.717) is 12.4 Å². The SMILES string of the molecule is CC(C)[C@H](NC(N)=O)C(=O)NCc1ccnc(OC2CCCC2)c1. The molecule has 0 radical (unpaired) electrons. The molecule has 7 heteroatoms. The van der Waals surface area contributed by atoms with Crippen LogP contribution >= 0.6 is 0 Å². The summed E-state index contributed by atoms with van der Waals surface area (Å²) in [5.74, 6) is 0.263. The summed E-state index contributed by atoms with van der Waals surface area (Å²) in [6.07, 6.45) is 6.45. The molecule has 1 aliphatic carbocycles. The number of primary amides is 1. The summed E-state index contributed by atoms with van der Waals surface area (Å²) >= 11 is 0. The van der Waals surface area contributed by atoms with Crippen LogP contribution in [0.4, 0.5) is 4.79 Å². The molecule has 1 atom stereocenters. The zero-order valence-corrected chi connectivity index (χ0v) is 14.2. The van der Waals surface area contributed by atoms with E-state index >= 15 is 0 Å². The number of ether oxygens (including phenoxy) is 1. The Kier molecular flexibility index (Phi) is 6.40. The number of hydrogen-bond acceptors (Lipinski definition) is 4. The van der Waals surface area contributed by atoms with Crippen molar-refractivity contribution in [2.45, 2.75) is 58.2 Å². The van der Waals surface area contributed by atoms with E-state index in [1.807, 2.05) is 26.0 Å². The standard InChI is InChI=1S/C17H26N4O3/c1-11(2)15(21-17(18)23)16(22)20-10-12-7-8-19-14(9-12)24-13-5-3-4-6-13/h7-9,11,13,15H,3-6,10H2,1-2H3,(H,20,22)(H3,18,21,23)/t15-/m0/s1. The summed E-state index contributed by atoms with van der Waals surface area (Å²) in [4.78, 5) is 27.5. The number of hydrogen-bond donors (Lipinski definition) is 3. The molecule has 0 unspecified atom stereocenters. The van der Waals surface area contributed by atoms with E-state index in [1.54, 1.807) is 6.20 Å². The van der Waals surface area contributed by atoms with Crippen LogP contribution < -0.4 is 21.1 Å². The van der Waals surface area contributed by atoms with Gasteiger partial charge in [0.25, 0.3) is 0 Å². The van der Waals surface area contributed by atoms with Crippen LogP contribution in [0.5, 0.6) is 5.88 Å². The maximum Gasteiger partial charge on any atom is 0.312 e. The fourth-order valence-corrected chi connectivity index (χ4v) is 2.79. The van der Waals surface area contributed by atoms with Gasteiger partial charge in [-0.1, -0.05) is 13.8 Å². The fraction of sp³-hybridized carbons (Fsp3) is 0.588. The molecule has 1 aromatic rings. The Labute approximate surface area is 142 Å². The van der Waals surface area contributed by atoms with Gasteiger partial charge >= 0.3 is 6.03 Å².